The maximum Gasteiger partial charge on any atom is 0.125 e. The molecule has 0 aliphatic rings. The molecule has 0 fully saturated rings. The molecule has 2 unspecified atom stereocenters. The number of rotatable bonds is 9. The number of hydrogen-bond donors (Lipinski definition) is 4. The van der Waals surface area contributed by atoms with Crippen molar-refractivity contribution >= 4 is 5.69 Å². The Hall–Kier alpha value is -2.28. The highest BCUT2D eigenvalue weighted by Gasteiger charge is 2.24. The van der Waals surface area contributed by atoms with Crippen LogP contribution in [-0.4, -0.2) is 34.4 Å². The predicted molar refractivity (Wildman–Crippen MR) is 120 cm³/mol. The summed E-state index contributed by atoms with van der Waals surface area (Å²) >= 11 is 0. The number of aromatic hydroxyl groups is 2. The minimum Gasteiger partial charge on any atom is -0.508 e. The maximum atomic E-state index is 10.4. The SMILES string of the molecule is CCN(CC)Cc1ccc(N(C(C)N)C(N)c2cc(C(C)C)c(O)cc2O)cc1. The van der Waals surface area contributed by atoms with Crippen molar-refractivity contribution in [2.75, 3.05) is 18.0 Å². The van der Waals surface area contributed by atoms with Crippen molar-refractivity contribution in [3.63, 3.8) is 0 Å². The molecule has 0 aliphatic carbocycles. The molecule has 6 N–H and O–H groups in total. The molecule has 0 aliphatic heterocycles. The van der Waals surface area contributed by atoms with Crippen molar-refractivity contribution in [3.05, 3.63) is 53.1 Å². The van der Waals surface area contributed by atoms with Gasteiger partial charge >= 0.3 is 0 Å². The maximum absolute atomic E-state index is 10.4. The molecule has 0 amide bonds. The summed E-state index contributed by atoms with van der Waals surface area (Å²) in [5.74, 6) is 0.134. The normalized spacial score (nSPS) is 13.7. The van der Waals surface area contributed by atoms with Gasteiger partial charge in [-0.3, -0.25) is 4.90 Å². The number of phenols is 2. The van der Waals surface area contributed by atoms with Crippen LogP contribution >= 0.6 is 0 Å². The van der Waals surface area contributed by atoms with Crippen molar-refractivity contribution in [1.29, 1.82) is 0 Å². The van der Waals surface area contributed by atoms with Crippen molar-refractivity contribution in [2.45, 2.75) is 59.4 Å². The Kier molecular flexibility index (Phi) is 7.90. The Labute approximate surface area is 174 Å². The van der Waals surface area contributed by atoms with E-state index in [2.05, 4.69) is 30.9 Å². The predicted octanol–water partition coefficient (Wildman–Crippen LogP) is 3.83. The fraction of sp³-hybridized carbons (Fsp3) is 0.478. The van der Waals surface area contributed by atoms with Gasteiger partial charge in [0.25, 0.3) is 0 Å². The van der Waals surface area contributed by atoms with Gasteiger partial charge in [0.15, 0.2) is 0 Å². The molecular weight excluding hydrogens is 364 g/mol. The van der Waals surface area contributed by atoms with Gasteiger partial charge in [-0.25, -0.2) is 0 Å². The van der Waals surface area contributed by atoms with Crippen LogP contribution in [0.5, 0.6) is 11.5 Å². The highest BCUT2D eigenvalue weighted by Crippen LogP contribution is 2.37. The fourth-order valence-electron chi connectivity index (χ4n) is 3.59. The zero-order chi connectivity index (χ0) is 21.7. The van der Waals surface area contributed by atoms with Crippen LogP contribution in [0.3, 0.4) is 0 Å². The molecule has 2 rings (SSSR count). The van der Waals surface area contributed by atoms with Crippen LogP contribution in [0, 0.1) is 0 Å². The third kappa shape index (κ3) is 5.41. The first-order valence-electron chi connectivity index (χ1n) is 10.4. The average molecular weight is 401 g/mol. The molecule has 2 aromatic carbocycles. The Balaban J connectivity index is 2.35. The molecule has 6 nitrogen and oxygen atoms in total. The van der Waals surface area contributed by atoms with Gasteiger partial charge in [-0.05, 0) is 55.3 Å². The first-order valence-corrected chi connectivity index (χ1v) is 10.4. The van der Waals surface area contributed by atoms with Crippen LogP contribution in [0.15, 0.2) is 36.4 Å². The van der Waals surface area contributed by atoms with Crippen molar-refractivity contribution in [2.24, 2.45) is 11.5 Å². The highest BCUT2D eigenvalue weighted by molar-refractivity contribution is 5.54. The first kappa shape index (κ1) is 23.0. The summed E-state index contributed by atoms with van der Waals surface area (Å²) < 4.78 is 0. The van der Waals surface area contributed by atoms with Crippen LogP contribution < -0.4 is 16.4 Å². The average Bonchev–Trinajstić information content (AvgIpc) is 2.66. The van der Waals surface area contributed by atoms with Gasteiger partial charge < -0.3 is 26.6 Å². The molecule has 160 valence electrons. The minimum atomic E-state index is -0.651. The molecule has 2 atom stereocenters. The van der Waals surface area contributed by atoms with E-state index in [4.69, 9.17) is 11.5 Å². The first-order chi connectivity index (χ1) is 13.7. The van der Waals surface area contributed by atoms with Gasteiger partial charge in [0.05, 0.1) is 6.17 Å². The third-order valence-corrected chi connectivity index (χ3v) is 5.39. The lowest BCUT2D eigenvalue weighted by Gasteiger charge is -2.35. The van der Waals surface area contributed by atoms with E-state index in [1.807, 2.05) is 37.8 Å². The summed E-state index contributed by atoms with van der Waals surface area (Å²) in [4.78, 5) is 4.23. The van der Waals surface area contributed by atoms with E-state index < -0.39 is 6.17 Å². The third-order valence-electron chi connectivity index (χ3n) is 5.39. The summed E-state index contributed by atoms with van der Waals surface area (Å²) in [7, 11) is 0. The van der Waals surface area contributed by atoms with E-state index in [0.717, 1.165) is 30.9 Å². The summed E-state index contributed by atoms with van der Waals surface area (Å²) in [6.45, 7) is 13.1. The van der Waals surface area contributed by atoms with E-state index in [1.165, 1.54) is 11.6 Å². The molecule has 0 saturated heterocycles. The number of anilines is 1. The lowest BCUT2D eigenvalue weighted by atomic mass is 9.97. The lowest BCUT2D eigenvalue weighted by molar-refractivity contribution is 0.296. The van der Waals surface area contributed by atoms with Crippen LogP contribution in [0.4, 0.5) is 5.69 Å². The summed E-state index contributed by atoms with van der Waals surface area (Å²) in [6, 6.07) is 11.3. The van der Waals surface area contributed by atoms with E-state index >= 15 is 0 Å². The smallest absolute Gasteiger partial charge is 0.125 e. The van der Waals surface area contributed by atoms with Crippen LogP contribution in [-0.2, 0) is 6.54 Å². The monoisotopic (exact) mass is 400 g/mol. The largest absolute Gasteiger partial charge is 0.508 e. The van der Waals surface area contributed by atoms with Gasteiger partial charge in [-0.2, -0.15) is 0 Å². The van der Waals surface area contributed by atoms with Crippen LogP contribution in [0.25, 0.3) is 0 Å². The van der Waals surface area contributed by atoms with Crippen molar-refractivity contribution < 1.29 is 10.2 Å². The zero-order valence-electron chi connectivity index (χ0n) is 18.3. The van der Waals surface area contributed by atoms with Crippen LogP contribution in [0.1, 0.15) is 63.4 Å². The van der Waals surface area contributed by atoms with E-state index in [1.54, 1.807) is 6.07 Å². The molecule has 0 radical (unpaired) electrons. The second-order valence-electron chi connectivity index (χ2n) is 7.85. The molecule has 0 spiro atoms. The number of phenolic OH excluding ortho intramolecular Hbond substituents is 2. The molecule has 29 heavy (non-hydrogen) atoms. The Bertz CT molecular complexity index is 786. The van der Waals surface area contributed by atoms with Gasteiger partial charge in [0, 0.05) is 23.9 Å². The molecule has 2 aromatic rings. The van der Waals surface area contributed by atoms with Crippen molar-refractivity contribution in [1.82, 2.24) is 4.90 Å². The fourth-order valence-corrected chi connectivity index (χ4v) is 3.59. The summed E-state index contributed by atoms with van der Waals surface area (Å²) in [5.41, 5.74) is 16.2. The summed E-state index contributed by atoms with van der Waals surface area (Å²) in [5, 5.41) is 20.6. The zero-order valence-corrected chi connectivity index (χ0v) is 18.3. The standard InChI is InChI=1S/C23H36N4O2/c1-6-26(7-2)14-17-8-10-18(11-9-17)27(16(5)24)23(25)20-12-19(15(3)4)21(28)13-22(20)29/h8-13,15-16,23,28-29H,6-7,14,24-25H2,1-5H3. The lowest BCUT2D eigenvalue weighted by Crippen LogP contribution is -2.45. The van der Waals surface area contributed by atoms with Crippen LogP contribution in [0.2, 0.25) is 0 Å². The topological polar surface area (TPSA) is 99.0 Å². The van der Waals surface area contributed by atoms with Gasteiger partial charge in [-0.15, -0.1) is 0 Å². The number of nitrogens with two attached hydrogens (primary N) is 2. The van der Waals surface area contributed by atoms with E-state index in [9.17, 15) is 10.2 Å². The molecule has 0 aromatic heterocycles. The quantitative estimate of drug-likeness (QED) is 0.478. The summed E-state index contributed by atoms with van der Waals surface area (Å²) in [6.07, 6.45) is -1.02. The number of hydrogen-bond acceptors (Lipinski definition) is 6. The Morgan fingerprint density at radius 2 is 1.41 bits per heavy atom. The van der Waals surface area contributed by atoms with E-state index in [-0.39, 0.29) is 23.6 Å². The molecular formula is C23H36N4O2. The Morgan fingerprint density at radius 1 is 0.862 bits per heavy atom. The van der Waals surface area contributed by atoms with Gasteiger partial charge in [0.1, 0.15) is 17.7 Å². The second kappa shape index (κ2) is 9.96. The highest BCUT2D eigenvalue weighted by atomic mass is 16.3. The second-order valence-corrected chi connectivity index (χ2v) is 7.85. The number of nitrogens with zero attached hydrogens (tertiary/aromatic N) is 2. The number of benzene rings is 2. The molecule has 6 heteroatoms. The Morgan fingerprint density at radius 3 is 1.90 bits per heavy atom. The van der Waals surface area contributed by atoms with E-state index in [0.29, 0.717) is 5.56 Å². The molecule has 0 saturated carbocycles. The molecule has 0 heterocycles. The van der Waals surface area contributed by atoms with Gasteiger partial charge in [0.2, 0.25) is 0 Å². The minimum absolute atomic E-state index is 0.0387. The van der Waals surface area contributed by atoms with Crippen molar-refractivity contribution in [3.8, 4) is 11.5 Å². The van der Waals surface area contributed by atoms with Gasteiger partial charge in [-0.1, -0.05) is 39.8 Å². The molecule has 0 bridgehead atoms.